The van der Waals surface area contributed by atoms with Crippen LogP contribution in [0.2, 0.25) is 0 Å². The minimum atomic E-state index is -0.987. The van der Waals surface area contributed by atoms with E-state index < -0.39 is 23.2 Å². The quantitative estimate of drug-likeness (QED) is 0.332. The Bertz CT molecular complexity index is 1130. The molecule has 1 fully saturated rings. The summed E-state index contributed by atoms with van der Waals surface area (Å²) in [6.07, 6.45) is 1.14. The van der Waals surface area contributed by atoms with Gasteiger partial charge in [0.15, 0.2) is 0 Å². The van der Waals surface area contributed by atoms with Crippen molar-refractivity contribution in [2.24, 2.45) is 11.3 Å². The summed E-state index contributed by atoms with van der Waals surface area (Å²) in [5, 5.41) is 21.6. The molecule has 1 aliphatic carbocycles. The van der Waals surface area contributed by atoms with Gasteiger partial charge in [0.25, 0.3) is 0 Å². The lowest BCUT2D eigenvalue weighted by molar-refractivity contribution is -0.149. The van der Waals surface area contributed by atoms with Crippen LogP contribution in [0, 0.1) is 11.3 Å². The second kappa shape index (κ2) is 7.80. The molecule has 6 nitrogen and oxygen atoms in total. The lowest BCUT2D eigenvalue weighted by atomic mass is 9.91. The molecule has 0 unspecified atom stereocenters. The monoisotopic (exact) mass is 405 g/mol. The highest BCUT2D eigenvalue weighted by molar-refractivity contribution is 5.93. The summed E-state index contributed by atoms with van der Waals surface area (Å²) in [5.74, 6) is -1.51. The number of nitrogens with one attached hydrogen (secondary N) is 1. The molecule has 1 amide bonds. The number of fused-ring (bicyclic) bond motifs is 1. The van der Waals surface area contributed by atoms with Crippen molar-refractivity contribution >= 4 is 22.6 Å². The van der Waals surface area contributed by atoms with E-state index >= 15 is 0 Å². The zero-order valence-electron chi connectivity index (χ0n) is 16.6. The Labute approximate surface area is 174 Å². The summed E-state index contributed by atoms with van der Waals surface area (Å²) in [7, 11) is 1.29. The number of phenols is 1. The molecule has 3 N–H and O–H groups in total. The SMILES string of the molecule is COC(=O)[C@@]1(Cc2ccc(O)c(Cc3ccc4ccccc4c3)c2)C[C@@H]1C(=O)NO. The van der Waals surface area contributed by atoms with Gasteiger partial charge in [-0.2, -0.15) is 0 Å². The van der Waals surface area contributed by atoms with Crippen LogP contribution in [-0.4, -0.2) is 29.3 Å². The molecule has 1 aliphatic rings. The number of rotatable bonds is 6. The predicted molar refractivity (Wildman–Crippen MR) is 111 cm³/mol. The van der Waals surface area contributed by atoms with E-state index in [1.165, 1.54) is 7.11 Å². The number of hydrogen-bond donors (Lipinski definition) is 3. The zero-order chi connectivity index (χ0) is 21.3. The maximum atomic E-state index is 12.4. The topological polar surface area (TPSA) is 95.9 Å². The van der Waals surface area contributed by atoms with Crippen LogP contribution < -0.4 is 5.48 Å². The number of methoxy groups -OCH3 is 1. The normalized spacial score (nSPS) is 20.0. The summed E-state index contributed by atoms with van der Waals surface area (Å²) in [4.78, 5) is 24.2. The van der Waals surface area contributed by atoms with Crippen molar-refractivity contribution in [3.05, 3.63) is 77.4 Å². The summed E-state index contributed by atoms with van der Waals surface area (Å²) < 4.78 is 4.92. The number of benzene rings is 3. The van der Waals surface area contributed by atoms with Gasteiger partial charge < -0.3 is 9.84 Å². The lowest BCUT2D eigenvalue weighted by Gasteiger charge is -2.16. The number of hydrogen-bond acceptors (Lipinski definition) is 5. The van der Waals surface area contributed by atoms with Crippen LogP contribution in [0.1, 0.15) is 23.1 Å². The third-order valence-electron chi connectivity index (χ3n) is 5.97. The van der Waals surface area contributed by atoms with E-state index in [1.807, 2.05) is 24.3 Å². The molecule has 154 valence electrons. The summed E-state index contributed by atoms with van der Waals surface area (Å²) >= 11 is 0. The molecular formula is C24H23NO5. The zero-order valence-corrected chi connectivity index (χ0v) is 16.6. The number of aromatic hydroxyl groups is 1. The smallest absolute Gasteiger partial charge is 0.312 e. The molecular weight excluding hydrogens is 382 g/mol. The Hall–Kier alpha value is -3.38. The van der Waals surface area contributed by atoms with Gasteiger partial charge in [0.05, 0.1) is 18.4 Å². The third-order valence-corrected chi connectivity index (χ3v) is 5.97. The molecule has 0 saturated heterocycles. The van der Waals surface area contributed by atoms with E-state index in [-0.39, 0.29) is 5.75 Å². The molecule has 0 radical (unpaired) electrons. The van der Waals surface area contributed by atoms with Crippen LogP contribution in [0.4, 0.5) is 0 Å². The number of hydroxylamine groups is 1. The first-order valence-electron chi connectivity index (χ1n) is 9.77. The Kier molecular flexibility index (Phi) is 5.18. The molecule has 3 aromatic rings. The van der Waals surface area contributed by atoms with Gasteiger partial charge in [-0.15, -0.1) is 0 Å². The molecule has 0 bridgehead atoms. The Morgan fingerprint density at radius 1 is 1.07 bits per heavy atom. The van der Waals surface area contributed by atoms with Crippen LogP contribution >= 0.6 is 0 Å². The molecule has 0 spiro atoms. The van der Waals surface area contributed by atoms with Gasteiger partial charge >= 0.3 is 5.97 Å². The number of ether oxygens (including phenoxy) is 1. The summed E-state index contributed by atoms with van der Waals surface area (Å²) in [5.41, 5.74) is 3.27. The number of esters is 1. The molecule has 3 aromatic carbocycles. The minimum absolute atomic E-state index is 0.180. The highest BCUT2D eigenvalue weighted by Gasteiger charge is 2.64. The summed E-state index contributed by atoms with van der Waals surface area (Å²) in [6.45, 7) is 0. The van der Waals surface area contributed by atoms with Crippen LogP contribution in [0.25, 0.3) is 10.8 Å². The largest absolute Gasteiger partial charge is 0.508 e. The fourth-order valence-electron chi connectivity index (χ4n) is 4.25. The molecule has 2 atom stereocenters. The van der Waals surface area contributed by atoms with Crippen molar-refractivity contribution in [2.75, 3.05) is 7.11 Å². The van der Waals surface area contributed by atoms with Crippen LogP contribution in [0.15, 0.2) is 60.7 Å². The Balaban J connectivity index is 1.59. The van der Waals surface area contributed by atoms with Crippen molar-refractivity contribution in [2.45, 2.75) is 19.3 Å². The highest BCUT2D eigenvalue weighted by Crippen LogP contribution is 2.56. The van der Waals surface area contributed by atoms with Gasteiger partial charge in [-0.25, -0.2) is 5.48 Å². The van der Waals surface area contributed by atoms with E-state index in [4.69, 9.17) is 9.94 Å². The van der Waals surface area contributed by atoms with Gasteiger partial charge in [0.1, 0.15) is 5.75 Å². The van der Waals surface area contributed by atoms with Crippen molar-refractivity contribution in [1.29, 1.82) is 0 Å². The highest BCUT2D eigenvalue weighted by atomic mass is 16.5. The van der Waals surface area contributed by atoms with E-state index in [9.17, 15) is 14.7 Å². The van der Waals surface area contributed by atoms with Gasteiger partial charge in [-0.05, 0) is 46.4 Å². The van der Waals surface area contributed by atoms with E-state index in [0.29, 0.717) is 19.3 Å². The van der Waals surface area contributed by atoms with Gasteiger partial charge in [-0.3, -0.25) is 14.8 Å². The Morgan fingerprint density at radius 2 is 1.80 bits per heavy atom. The first-order valence-corrected chi connectivity index (χ1v) is 9.77. The predicted octanol–water partition coefficient (Wildman–Crippen LogP) is 3.36. The molecule has 4 rings (SSSR count). The van der Waals surface area contributed by atoms with Crippen molar-refractivity contribution < 1.29 is 24.6 Å². The second-order valence-electron chi connectivity index (χ2n) is 7.88. The second-order valence-corrected chi connectivity index (χ2v) is 7.88. The lowest BCUT2D eigenvalue weighted by Crippen LogP contribution is -2.30. The molecule has 30 heavy (non-hydrogen) atoms. The van der Waals surface area contributed by atoms with Crippen molar-refractivity contribution in [1.82, 2.24) is 5.48 Å². The van der Waals surface area contributed by atoms with Crippen LogP contribution in [0.3, 0.4) is 0 Å². The van der Waals surface area contributed by atoms with Gasteiger partial charge in [-0.1, -0.05) is 54.6 Å². The fraction of sp³-hybridized carbons (Fsp3) is 0.250. The average molecular weight is 405 g/mol. The van der Waals surface area contributed by atoms with Gasteiger partial charge in [0, 0.05) is 6.42 Å². The van der Waals surface area contributed by atoms with E-state index in [1.54, 1.807) is 17.6 Å². The van der Waals surface area contributed by atoms with E-state index in [0.717, 1.165) is 27.5 Å². The summed E-state index contributed by atoms with van der Waals surface area (Å²) in [6, 6.07) is 19.5. The number of carbonyl (C=O) groups is 2. The average Bonchev–Trinajstić information content (AvgIpc) is 3.50. The number of amides is 1. The van der Waals surface area contributed by atoms with Crippen LogP contribution in [-0.2, 0) is 27.2 Å². The first-order chi connectivity index (χ1) is 14.5. The standard InChI is InChI=1S/C24H23NO5/c1-30-23(28)24(14-20(24)22(27)25-29)13-16-7-9-21(26)19(12-16)11-15-6-8-17-4-2-3-5-18(17)10-15/h2-10,12,20,26,29H,11,13-14H2,1H3,(H,25,27)/t20-,24+/m1/s1. The maximum Gasteiger partial charge on any atom is 0.312 e. The van der Waals surface area contributed by atoms with Crippen molar-refractivity contribution in [3.8, 4) is 5.75 Å². The van der Waals surface area contributed by atoms with E-state index in [2.05, 4.69) is 24.3 Å². The fourth-order valence-corrected chi connectivity index (χ4v) is 4.25. The minimum Gasteiger partial charge on any atom is -0.508 e. The molecule has 0 heterocycles. The molecule has 0 aliphatic heterocycles. The molecule has 1 saturated carbocycles. The Morgan fingerprint density at radius 3 is 2.53 bits per heavy atom. The molecule has 6 heteroatoms. The van der Waals surface area contributed by atoms with Crippen LogP contribution in [0.5, 0.6) is 5.75 Å². The molecule has 0 aromatic heterocycles. The van der Waals surface area contributed by atoms with Crippen molar-refractivity contribution in [3.63, 3.8) is 0 Å². The third kappa shape index (κ3) is 3.62. The number of phenolic OH excluding ortho intramolecular Hbond substituents is 1. The maximum absolute atomic E-state index is 12.4. The first kappa shape index (κ1) is 19.9. The van der Waals surface area contributed by atoms with Gasteiger partial charge in [0.2, 0.25) is 5.91 Å². The number of carbonyl (C=O) groups excluding carboxylic acids is 2.